The summed E-state index contributed by atoms with van der Waals surface area (Å²) in [5, 5.41) is 4.05. The third-order valence-corrected chi connectivity index (χ3v) is 3.47. The van der Waals surface area contributed by atoms with Crippen LogP contribution in [0.25, 0.3) is 5.69 Å². The maximum Gasteiger partial charge on any atom is 0.406 e. The van der Waals surface area contributed by atoms with Gasteiger partial charge in [0, 0.05) is 18.0 Å². The zero-order valence-electron chi connectivity index (χ0n) is 13.0. The molecule has 0 saturated heterocycles. The Morgan fingerprint density at radius 1 is 1.16 bits per heavy atom. The van der Waals surface area contributed by atoms with Crippen LogP contribution >= 0.6 is 0 Å². The van der Waals surface area contributed by atoms with Crippen molar-refractivity contribution >= 4 is 5.91 Å². The van der Waals surface area contributed by atoms with Crippen molar-refractivity contribution in [2.24, 2.45) is 0 Å². The summed E-state index contributed by atoms with van der Waals surface area (Å²) in [6.45, 7) is -1.61. The quantitative estimate of drug-likeness (QED) is 0.706. The number of aromatic nitrogens is 2. The van der Waals surface area contributed by atoms with Crippen LogP contribution in [0.4, 0.5) is 13.2 Å². The minimum atomic E-state index is -4.50. The van der Waals surface area contributed by atoms with Gasteiger partial charge < -0.3 is 9.32 Å². The van der Waals surface area contributed by atoms with Gasteiger partial charge in [0.25, 0.3) is 5.91 Å². The summed E-state index contributed by atoms with van der Waals surface area (Å²) in [7, 11) is 0. The number of carbonyl (C=O) groups excluding carboxylic acids is 1. The fourth-order valence-corrected chi connectivity index (χ4v) is 2.37. The van der Waals surface area contributed by atoms with Gasteiger partial charge in [-0.05, 0) is 42.5 Å². The summed E-state index contributed by atoms with van der Waals surface area (Å²) in [5.41, 5.74) is 0.863. The first kappa shape index (κ1) is 16.8. The Bertz CT molecular complexity index is 810. The Kier molecular flexibility index (Phi) is 4.60. The Hall–Kier alpha value is -3.03. The fourth-order valence-electron chi connectivity index (χ4n) is 2.37. The van der Waals surface area contributed by atoms with E-state index in [1.54, 1.807) is 41.3 Å². The number of amides is 1. The molecule has 0 atom stereocenters. The Morgan fingerprint density at radius 3 is 2.48 bits per heavy atom. The lowest BCUT2D eigenvalue weighted by molar-refractivity contribution is -0.142. The monoisotopic (exact) mass is 349 g/mol. The average Bonchev–Trinajstić information content (AvgIpc) is 3.26. The third-order valence-electron chi connectivity index (χ3n) is 3.47. The Balaban J connectivity index is 1.81. The number of furan rings is 1. The van der Waals surface area contributed by atoms with E-state index in [-0.39, 0.29) is 17.9 Å². The molecule has 8 heteroatoms. The maximum absolute atomic E-state index is 12.8. The molecule has 0 aliphatic rings. The van der Waals surface area contributed by atoms with E-state index in [0.717, 1.165) is 0 Å². The van der Waals surface area contributed by atoms with Crippen LogP contribution in [0.1, 0.15) is 16.1 Å². The number of rotatable bonds is 5. The van der Waals surface area contributed by atoms with Crippen LogP contribution in [0.5, 0.6) is 0 Å². The van der Waals surface area contributed by atoms with E-state index < -0.39 is 18.6 Å². The molecule has 3 aromatic rings. The molecule has 2 aromatic heterocycles. The second-order valence-corrected chi connectivity index (χ2v) is 5.35. The lowest BCUT2D eigenvalue weighted by atomic mass is 10.1. The lowest BCUT2D eigenvalue weighted by Crippen LogP contribution is -2.38. The minimum absolute atomic E-state index is 0.159. The predicted molar refractivity (Wildman–Crippen MR) is 83.1 cm³/mol. The molecule has 0 spiro atoms. The zero-order valence-corrected chi connectivity index (χ0v) is 13.0. The molecular weight excluding hydrogens is 335 g/mol. The molecule has 0 aliphatic heterocycles. The van der Waals surface area contributed by atoms with E-state index in [1.165, 1.54) is 24.5 Å². The SMILES string of the molecule is O=C(c1ccc(-n2cccn2)cc1)N(Cc1ccco1)CC(F)(F)F. The van der Waals surface area contributed by atoms with Gasteiger partial charge in [0.05, 0.1) is 18.5 Å². The van der Waals surface area contributed by atoms with Crippen molar-refractivity contribution in [2.45, 2.75) is 12.7 Å². The zero-order chi connectivity index (χ0) is 17.9. The highest BCUT2D eigenvalue weighted by Crippen LogP contribution is 2.21. The Morgan fingerprint density at radius 2 is 1.92 bits per heavy atom. The highest BCUT2D eigenvalue weighted by molar-refractivity contribution is 5.94. The first-order valence-corrected chi connectivity index (χ1v) is 7.41. The minimum Gasteiger partial charge on any atom is -0.467 e. The van der Waals surface area contributed by atoms with Crippen LogP contribution in [-0.4, -0.2) is 33.3 Å². The summed E-state index contributed by atoms with van der Waals surface area (Å²) in [5.74, 6) is -0.438. The van der Waals surface area contributed by atoms with Gasteiger partial charge in [0.15, 0.2) is 0 Å². The number of halogens is 3. The number of hydrogen-bond donors (Lipinski definition) is 0. The normalized spacial score (nSPS) is 11.5. The number of alkyl halides is 3. The molecule has 5 nitrogen and oxygen atoms in total. The topological polar surface area (TPSA) is 51.3 Å². The van der Waals surface area contributed by atoms with E-state index in [0.29, 0.717) is 10.6 Å². The molecule has 0 aliphatic carbocycles. The van der Waals surface area contributed by atoms with Crippen molar-refractivity contribution in [1.29, 1.82) is 0 Å². The summed E-state index contributed by atoms with van der Waals surface area (Å²) in [6.07, 6.45) is 0.179. The largest absolute Gasteiger partial charge is 0.467 e. The van der Waals surface area contributed by atoms with Gasteiger partial charge in [-0.2, -0.15) is 18.3 Å². The van der Waals surface area contributed by atoms with E-state index in [4.69, 9.17) is 4.42 Å². The molecule has 3 rings (SSSR count). The van der Waals surface area contributed by atoms with Crippen LogP contribution < -0.4 is 0 Å². The molecule has 0 fully saturated rings. The summed E-state index contributed by atoms with van der Waals surface area (Å²) in [6, 6.07) is 11.0. The van der Waals surface area contributed by atoms with Crippen molar-refractivity contribution in [2.75, 3.05) is 6.54 Å². The van der Waals surface area contributed by atoms with E-state index >= 15 is 0 Å². The van der Waals surface area contributed by atoms with Crippen molar-refractivity contribution < 1.29 is 22.4 Å². The lowest BCUT2D eigenvalue weighted by Gasteiger charge is -2.23. The third kappa shape index (κ3) is 4.28. The molecule has 0 unspecified atom stereocenters. The van der Waals surface area contributed by atoms with Crippen molar-refractivity contribution in [3.8, 4) is 5.69 Å². The second kappa shape index (κ2) is 6.84. The van der Waals surface area contributed by atoms with Gasteiger partial charge >= 0.3 is 6.18 Å². The number of nitrogens with zero attached hydrogens (tertiary/aromatic N) is 3. The molecule has 0 saturated carbocycles. The van der Waals surface area contributed by atoms with Crippen LogP contribution in [-0.2, 0) is 6.54 Å². The molecule has 1 amide bonds. The van der Waals surface area contributed by atoms with Gasteiger partial charge in [0.1, 0.15) is 12.3 Å². The standard InChI is InChI=1S/C17H14F3N3O2/c18-17(19,20)12-22(11-15-3-1-10-25-15)16(24)13-4-6-14(7-5-13)23-9-2-8-21-23/h1-10H,11-12H2. The first-order chi connectivity index (χ1) is 11.9. The summed E-state index contributed by atoms with van der Waals surface area (Å²) >= 11 is 0. The molecule has 130 valence electrons. The highest BCUT2D eigenvalue weighted by Gasteiger charge is 2.33. The van der Waals surface area contributed by atoms with Crippen molar-refractivity contribution in [1.82, 2.24) is 14.7 Å². The van der Waals surface area contributed by atoms with Gasteiger partial charge in [-0.15, -0.1) is 0 Å². The van der Waals surface area contributed by atoms with Gasteiger partial charge in [-0.3, -0.25) is 4.79 Å². The van der Waals surface area contributed by atoms with E-state index in [9.17, 15) is 18.0 Å². The predicted octanol–water partition coefficient (Wildman–Crippen LogP) is 3.67. The summed E-state index contributed by atoms with van der Waals surface area (Å²) in [4.78, 5) is 13.2. The first-order valence-electron chi connectivity index (χ1n) is 7.41. The van der Waals surface area contributed by atoms with Crippen LogP contribution in [0.2, 0.25) is 0 Å². The van der Waals surface area contributed by atoms with Crippen molar-refractivity contribution in [3.05, 3.63) is 72.4 Å². The number of carbonyl (C=O) groups is 1. The maximum atomic E-state index is 12.8. The Labute approximate surface area is 141 Å². The molecular formula is C17H14F3N3O2. The van der Waals surface area contributed by atoms with Crippen LogP contribution in [0.3, 0.4) is 0 Å². The second-order valence-electron chi connectivity index (χ2n) is 5.35. The summed E-state index contributed by atoms with van der Waals surface area (Å²) < 4.78 is 45.1. The average molecular weight is 349 g/mol. The van der Waals surface area contributed by atoms with E-state index in [1.807, 2.05) is 0 Å². The van der Waals surface area contributed by atoms with E-state index in [2.05, 4.69) is 5.10 Å². The molecule has 1 aromatic carbocycles. The molecule has 0 bridgehead atoms. The van der Waals surface area contributed by atoms with Crippen LogP contribution in [0, 0.1) is 0 Å². The molecule has 25 heavy (non-hydrogen) atoms. The smallest absolute Gasteiger partial charge is 0.406 e. The van der Waals surface area contributed by atoms with Gasteiger partial charge in [-0.1, -0.05) is 0 Å². The molecule has 0 radical (unpaired) electrons. The fraction of sp³-hybridized carbons (Fsp3) is 0.176. The van der Waals surface area contributed by atoms with Crippen molar-refractivity contribution in [3.63, 3.8) is 0 Å². The van der Waals surface area contributed by atoms with Gasteiger partial charge in [0.2, 0.25) is 0 Å². The molecule has 0 N–H and O–H groups in total. The number of hydrogen-bond acceptors (Lipinski definition) is 3. The molecule has 2 heterocycles. The highest BCUT2D eigenvalue weighted by atomic mass is 19.4. The van der Waals surface area contributed by atoms with Crippen LogP contribution in [0.15, 0.2) is 65.5 Å². The number of benzene rings is 1. The van der Waals surface area contributed by atoms with Gasteiger partial charge in [-0.25, -0.2) is 4.68 Å².